The number of carbonyl (C=O) groups excluding carboxylic acids is 2. The van der Waals surface area contributed by atoms with Crippen LogP contribution < -0.4 is 11.1 Å². The fraction of sp³-hybridized carbons (Fsp3) is 0.263. The van der Waals surface area contributed by atoms with Crippen molar-refractivity contribution < 1.29 is 9.59 Å². The van der Waals surface area contributed by atoms with Gasteiger partial charge < -0.3 is 16.0 Å². The molecule has 1 aliphatic rings. The molecule has 3 N–H and O–H groups in total. The summed E-state index contributed by atoms with van der Waals surface area (Å²) in [6.07, 6.45) is 3.17. The number of rotatable bonds is 5. The normalized spacial score (nSPS) is 15.4. The third kappa shape index (κ3) is 4.48. The van der Waals surface area contributed by atoms with E-state index in [1.54, 1.807) is 0 Å². The van der Waals surface area contributed by atoms with Crippen LogP contribution in [0, 0.1) is 0 Å². The standard InChI is InChI=1S/C19H21N3O2S/c20-19(24)21-16(17-7-4-12-25-17)13-18(23)22-10-8-15(9-11-22)14-5-2-1-3-6-14/h1-8,12,16H,9-11,13H2,(H3,20,21,24)/t16-/m1/s1. The van der Waals surface area contributed by atoms with E-state index < -0.39 is 6.03 Å². The molecule has 6 heteroatoms. The lowest BCUT2D eigenvalue weighted by molar-refractivity contribution is -0.131. The average Bonchev–Trinajstić information content (AvgIpc) is 3.16. The fourth-order valence-electron chi connectivity index (χ4n) is 3.00. The van der Waals surface area contributed by atoms with E-state index in [2.05, 4.69) is 23.5 Å². The SMILES string of the molecule is NC(=O)N[C@H](CC(=O)N1CC=C(c2ccccc2)CC1)c1cccs1. The maximum absolute atomic E-state index is 12.6. The quantitative estimate of drug-likeness (QED) is 0.864. The molecule has 3 rings (SSSR count). The summed E-state index contributed by atoms with van der Waals surface area (Å²) >= 11 is 1.51. The number of carbonyl (C=O) groups is 2. The number of amides is 3. The van der Waals surface area contributed by atoms with Gasteiger partial charge in [0.15, 0.2) is 0 Å². The summed E-state index contributed by atoms with van der Waals surface area (Å²) < 4.78 is 0. The minimum Gasteiger partial charge on any atom is -0.352 e. The molecule has 2 aromatic rings. The molecule has 0 fully saturated rings. The van der Waals surface area contributed by atoms with E-state index in [0.29, 0.717) is 13.1 Å². The number of benzene rings is 1. The van der Waals surface area contributed by atoms with E-state index in [1.807, 2.05) is 40.6 Å². The zero-order chi connectivity index (χ0) is 17.6. The number of hydrogen-bond donors (Lipinski definition) is 2. The van der Waals surface area contributed by atoms with E-state index in [9.17, 15) is 9.59 Å². The maximum atomic E-state index is 12.6. The Labute approximate surface area is 151 Å². The highest BCUT2D eigenvalue weighted by Gasteiger charge is 2.23. The molecule has 5 nitrogen and oxygen atoms in total. The van der Waals surface area contributed by atoms with Gasteiger partial charge in [0.05, 0.1) is 12.5 Å². The molecule has 0 radical (unpaired) electrons. The van der Waals surface area contributed by atoms with E-state index in [0.717, 1.165) is 11.3 Å². The first kappa shape index (κ1) is 17.2. The zero-order valence-corrected chi connectivity index (χ0v) is 14.7. The van der Waals surface area contributed by atoms with E-state index in [4.69, 9.17) is 5.73 Å². The summed E-state index contributed by atoms with van der Waals surface area (Å²) in [4.78, 5) is 26.6. The molecule has 3 amide bonds. The predicted molar refractivity (Wildman–Crippen MR) is 100 cm³/mol. The first-order chi connectivity index (χ1) is 12.1. The highest BCUT2D eigenvalue weighted by molar-refractivity contribution is 7.10. The Hall–Kier alpha value is -2.60. The van der Waals surface area contributed by atoms with Crippen molar-refractivity contribution in [2.24, 2.45) is 5.73 Å². The number of thiophene rings is 1. The summed E-state index contributed by atoms with van der Waals surface area (Å²) in [5, 5.41) is 4.60. The Morgan fingerprint density at radius 2 is 2.00 bits per heavy atom. The van der Waals surface area contributed by atoms with Crippen LogP contribution in [-0.2, 0) is 4.79 Å². The molecule has 0 spiro atoms. The highest BCUT2D eigenvalue weighted by atomic mass is 32.1. The van der Waals surface area contributed by atoms with Gasteiger partial charge in [-0.15, -0.1) is 11.3 Å². The maximum Gasteiger partial charge on any atom is 0.312 e. The van der Waals surface area contributed by atoms with Crippen LogP contribution in [0.4, 0.5) is 4.79 Å². The lowest BCUT2D eigenvalue weighted by Crippen LogP contribution is -2.39. The molecule has 2 heterocycles. The van der Waals surface area contributed by atoms with Gasteiger partial charge >= 0.3 is 6.03 Å². The van der Waals surface area contributed by atoms with Crippen molar-refractivity contribution in [1.82, 2.24) is 10.2 Å². The van der Waals surface area contributed by atoms with Gasteiger partial charge in [-0.25, -0.2) is 4.79 Å². The van der Waals surface area contributed by atoms with Crippen molar-refractivity contribution in [3.8, 4) is 0 Å². The molecule has 1 aromatic heterocycles. The average molecular weight is 355 g/mol. The topological polar surface area (TPSA) is 75.4 Å². The van der Waals surface area contributed by atoms with Crippen molar-refractivity contribution in [2.45, 2.75) is 18.9 Å². The monoisotopic (exact) mass is 355 g/mol. The smallest absolute Gasteiger partial charge is 0.312 e. The van der Waals surface area contributed by atoms with Gasteiger partial charge in [-0.2, -0.15) is 0 Å². The van der Waals surface area contributed by atoms with Crippen LogP contribution in [0.25, 0.3) is 5.57 Å². The molecule has 130 valence electrons. The Morgan fingerprint density at radius 3 is 2.60 bits per heavy atom. The second kappa shape index (κ2) is 7.98. The Kier molecular flexibility index (Phi) is 5.50. The van der Waals surface area contributed by atoms with Crippen LogP contribution >= 0.6 is 11.3 Å². The van der Waals surface area contributed by atoms with Crippen LogP contribution in [0.1, 0.15) is 29.3 Å². The Balaban J connectivity index is 1.63. The highest BCUT2D eigenvalue weighted by Crippen LogP contribution is 2.25. The van der Waals surface area contributed by atoms with E-state index in [1.165, 1.54) is 22.5 Å². The summed E-state index contributed by atoms with van der Waals surface area (Å²) in [5.74, 6) is 0.0236. The van der Waals surface area contributed by atoms with Crippen LogP contribution in [0.15, 0.2) is 53.9 Å². The number of nitrogens with one attached hydrogen (secondary N) is 1. The van der Waals surface area contributed by atoms with Crippen LogP contribution in [0.5, 0.6) is 0 Å². The Morgan fingerprint density at radius 1 is 1.20 bits per heavy atom. The molecule has 0 unspecified atom stereocenters. The predicted octanol–water partition coefficient (Wildman–Crippen LogP) is 3.16. The van der Waals surface area contributed by atoms with Gasteiger partial charge in [0.1, 0.15) is 0 Å². The number of hydrogen-bond acceptors (Lipinski definition) is 3. The number of nitrogens with two attached hydrogens (primary N) is 1. The molecule has 1 aliphatic heterocycles. The molecule has 0 bridgehead atoms. The van der Waals surface area contributed by atoms with Crippen LogP contribution in [0.2, 0.25) is 0 Å². The molecular weight excluding hydrogens is 334 g/mol. The largest absolute Gasteiger partial charge is 0.352 e. The van der Waals surface area contributed by atoms with Crippen molar-refractivity contribution in [1.29, 1.82) is 0 Å². The van der Waals surface area contributed by atoms with Crippen molar-refractivity contribution >= 4 is 28.8 Å². The summed E-state index contributed by atoms with van der Waals surface area (Å²) in [5.41, 5.74) is 7.74. The van der Waals surface area contributed by atoms with E-state index >= 15 is 0 Å². The van der Waals surface area contributed by atoms with Gasteiger partial charge in [-0.1, -0.05) is 42.5 Å². The minimum atomic E-state index is -0.615. The molecule has 0 saturated heterocycles. The van der Waals surface area contributed by atoms with Gasteiger partial charge in [-0.05, 0) is 29.0 Å². The fourth-order valence-corrected chi connectivity index (χ4v) is 3.78. The molecule has 25 heavy (non-hydrogen) atoms. The van der Waals surface area contributed by atoms with Crippen LogP contribution in [0.3, 0.4) is 0 Å². The van der Waals surface area contributed by atoms with Gasteiger partial charge in [0.2, 0.25) is 5.91 Å². The summed E-state index contributed by atoms with van der Waals surface area (Å²) in [6.45, 7) is 1.28. The first-order valence-corrected chi connectivity index (χ1v) is 9.13. The third-order valence-electron chi connectivity index (χ3n) is 4.29. The zero-order valence-electron chi connectivity index (χ0n) is 13.9. The molecule has 0 aliphatic carbocycles. The first-order valence-electron chi connectivity index (χ1n) is 8.25. The third-order valence-corrected chi connectivity index (χ3v) is 5.27. The molecule has 1 aromatic carbocycles. The molecule has 0 saturated carbocycles. The number of urea groups is 1. The van der Waals surface area contributed by atoms with Crippen molar-refractivity contribution in [2.75, 3.05) is 13.1 Å². The van der Waals surface area contributed by atoms with Gasteiger partial charge in [-0.3, -0.25) is 4.79 Å². The molecule has 1 atom stereocenters. The van der Waals surface area contributed by atoms with Crippen molar-refractivity contribution in [3.63, 3.8) is 0 Å². The second-order valence-electron chi connectivity index (χ2n) is 5.97. The number of primary amides is 1. The lowest BCUT2D eigenvalue weighted by Gasteiger charge is -2.28. The van der Waals surface area contributed by atoms with Crippen LogP contribution in [-0.4, -0.2) is 29.9 Å². The van der Waals surface area contributed by atoms with Crippen molar-refractivity contribution in [3.05, 3.63) is 64.4 Å². The van der Waals surface area contributed by atoms with Gasteiger partial charge in [0.25, 0.3) is 0 Å². The second-order valence-corrected chi connectivity index (χ2v) is 6.95. The Bertz CT molecular complexity index is 756. The summed E-state index contributed by atoms with van der Waals surface area (Å²) in [6, 6.07) is 13.0. The number of nitrogens with zero attached hydrogens (tertiary/aromatic N) is 1. The summed E-state index contributed by atoms with van der Waals surface area (Å²) in [7, 11) is 0. The lowest BCUT2D eigenvalue weighted by atomic mass is 9.99. The van der Waals surface area contributed by atoms with E-state index in [-0.39, 0.29) is 18.4 Å². The minimum absolute atomic E-state index is 0.0236. The van der Waals surface area contributed by atoms with Gasteiger partial charge in [0, 0.05) is 18.0 Å². The molecular formula is C19H21N3O2S.